The maximum Gasteiger partial charge on any atom is 0.264 e. The Kier molecular flexibility index (Phi) is 8.70. The van der Waals surface area contributed by atoms with E-state index < -0.39 is 10.0 Å². The summed E-state index contributed by atoms with van der Waals surface area (Å²) < 4.78 is 34.2. The number of carbonyl (C=O) groups excluding carboxylic acids is 1. The van der Waals surface area contributed by atoms with Crippen LogP contribution in [-0.4, -0.2) is 63.5 Å². The van der Waals surface area contributed by atoms with Gasteiger partial charge in [-0.15, -0.1) is 0 Å². The van der Waals surface area contributed by atoms with E-state index in [1.165, 1.54) is 33.6 Å². The molecule has 0 spiro atoms. The Morgan fingerprint density at radius 3 is 2.07 bits per heavy atom. The Morgan fingerprint density at radius 2 is 1.42 bits per heavy atom. The third-order valence-corrected chi connectivity index (χ3v) is 10.3. The van der Waals surface area contributed by atoms with Gasteiger partial charge in [0, 0.05) is 32.7 Å². The smallest absolute Gasteiger partial charge is 0.264 e. The fraction of sp³-hybridized carbons (Fsp3) is 0.265. The quantitative estimate of drug-likeness (QED) is 0.251. The summed E-state index contributed by atoms with van der Waals surface area (Å²) in [6, 6.07) is 33.0. The lowest BCUT2D eigenvalue weighted by molar-refractivity contribution is -0.135. The molecule has 0 atom stereocenters. The predicted molar refractivity (Wildman–Crippen MR) is 169 cm³/mol. The number of fused-ring (bicyclic) bond motifs is 1. The number of piperazine rings is 1. The summed E-state index contributed by atoms with van der Waals surface area (Å²) in [6.45, 7) is 2.86. The van der Waals surface area contributed by atoms with Crippen molar-refractivity contribution >= 4 is 33.2 Å². The number of anilines is 1. The fourth-order valence-corrected chi connectivity index (χ4v) is 7.85. The molecule has 2 heterocycles. The van der Waals surface area contributed by atoms with Crippen molar-refractivity contribution in [3.8, 4) is 5.75 Å². The predicted octanol–water partition coefficient (Wildman–Crippen LogP) is 5.79. The van der Waals surface area contributed by atoms with Gasteiger partial charge in [-0.2, -0.15) is 0 Å². The number of ether oxygens (including phenoxy) is 1. The summed E-state index contributed by atoms with van der Waals surface area (Å²) >= 11 is 6.47. The number of hydrogen-bond acceptors (Lipinski definition) is 5. The molecule has 0 radical (unpaired) electrons. The van der Waals surface area contributed by atoms with E-state index in [-0.39, 0.29) is 34.2 Å². The molecule has 0 unspecified atom stereocenters. The van der Waals surface area contributed by atoms with Crippen LogP contribution in [0.2, 0.25) is 5.02 Å². The van der Waals surface area contributed by atoms with E-state index in [1.807, 2.05) is 41.3 Å². The zero-order chi connectivity index (χ0) is 29.8. The summed E-state index contributed by atoms with van der Waals surface area (Å²) in [6.07, 6.45) is 1.60. The molecule has 1 fully saturated rings. The highest BCUT2D eigenvalue weighted by Gasteiger charge is 2.30. The third-order valence-electron chi connectivity index (χ3n) is 8.17. The minimum atomic E-state index is -3.80. The van der Waals surface area contributed by atoms with Crippen molar-refractivity contribution in [1.29, 1.82) is 0 Å². The van der Waals surface area contributed by atoms with Crippen LogP contribution in [0.5, 0.6) is 5.75 Å². The lowest BCUT2D eigenvalue weighted by Gasteiger charge is -2.39. The van der Waals surface area contributed by atoms with Gasteiger partial charge in [-0.25, -0.2) is 8.42 Å². The minimum Gasteiger partial charge on any atom is -0.482 e. The zero-order valence-electron chi connectivity index (χ0n) is 23.8. The number of carbonyl (C=O) groups is 1. The van der Waals surface area contributed by atoms with Gasteiger partial charge < -0.3 is 9.64 Å². The molecule has 0 aromatic heterocycles. The number of sulfonamides is 1. The van der Waals surface area contributed by atoms with Gasteiger partial charge >= 0.3 is 0 Å². The van der Waals surface area contributed by atoms with E-state index in [9.17, 15) is 13.2 Å². The molecule has 2 aliphatic heterocycles. The normalized spacial score (nSPS) is 15.8. The van der Waals surface area contributed by atoms with Crippen molar-refractivity contribution in [1.82, 2.24) is 9.80 Å². The van der Waals surface area contributed by atoms with E-state index >= 15 is 0 Å². The van der Waals surface area contributed by atoms with Crippen LogP contribution in [0.1, 0.15) is 29.2 Å². The van der Waals surface area contributed by atoms with Crippen LogP contribution in [0.3, 0.4) is 0 Å². The molecule has 0 saturated carbocycles. The van der Waals surface area contributed by atoms with Crippen molar-refractivity contribution < 1.29 is 17.9 Å². The monoisotopic (exact) mass is 615 g/mol. The van der Waals surface area contributed by atoms with Crippen LogP contribution in [0, 0.1) is 0 Å². The van der Waals surface area contributed by atoms with Crippen LogP contribution in [0.4, 0.5) is 5.69 Å². The van der Waals surface area contributed by atoms with Crippen molar-refractivity contribution in [2.24, 2.45) is 0 Å². The topological polar surface area (TPSA) is 70.2 Å². The average Bonchev–Trinajstić information content (AvgIpc) is 3.05. The zero-order valence-corrected chi connectivity index (χ0v) is 25.4. The number of aryl methyl sites for hydroxylation is 1. The second-order valence-electron chi connectivity index (χ2n) is 10.8. The molecule has 4 aromatic carbocycles. The number of hydrogen-bond donors (Lipinski definition) is 0. The van der Waals surface area contributed by atoms with Crippen LogP contribution < -0.4 is 9.04 Å². The Labute approximate surface area is 258 Å². The summed E-state index contributed by atoms with van der Waals surface area (Å²) in [5, 5.41) is 0.151. The minimum absolute atomic E-state index is 0.0930. The summed E-state index contributed by atoms with van der Waals surface area (Å²) in [7, 11) is -3.80. The number of halogens is 1. The fourth-order valence-electron chi connectivity index (χ4n) is 5.98. The van der Waals surface area contributed by atoms with E-state index in [2.05, 4.69) is 53.4 Å². The highest BCUT2D eigenvalue weighted by atomic mass is 35.5. The van der Waals surface area contributed by atoms with Gasteiger partial charge in [-0.3, -0.25) is 14.0 Å². The van der Waals surface area contributed by atoms with Gasteiger partial charge in [0.05, 0.1) is 21.6 Å². The molecular formula is C34H34ClN3O4S. The highest BCUT2D eigenvalue weighted by Crippen LogP contribution is 2.35. The van der Waals surface area contributed by atoms with Crippen LogP contribution >= 0.6 is 11.6 Å². The number of benzene rings is 4. The Morgan fingerprint density at radius 1 is 0.791 bits per heavy atom. The SMILES string of the molecule is O=C(COc1ccc(S(=O)(=O)N2CCCc3ccccc32)cc1Cl)N1CCN(C(c2ccccc2)c2ccccc2)CC1. The number of para-hydroxylation sites is 1. The molecule has 6 rings (SSSR count). The number of rotatable bonds is 8. The molecule has 1 saturated heterocycles. The van der Waals surface area contributed by atoms with Gasteiger partial charge in [0.1, 0.15) is 5.75 Å². The first-order valence-corrected chi connectivity index (χ1v) is 16.4. The first-order valence-electron chi connectivity index (χ1n) is 14.6. The maximum absolute atomic E-state index is 13.5. The molecule has 9 heteroatoms. The molecule has 0 bridgehead atoms. The van der Waals surface area contributed by atoms with Gasteiger partial charge in [-0.05, 0) is 53.8 Å². The standard InChI is InChI=1S/C34H34ClN3O4S/c35-30-24-29(43(40,41)38-19-9-15-26-10-7-8-16-31(26)38)17-18-32(30)42-25-33(39)36-20-22-37(23-21-36)34(27-11-3-1-4-12-27)28-13-5-2-6-14-28/h1-8,10-14,16-18,24,34H,9,15,19-23,25H2. The Bertz CT molecular complexity index is 1640. The number of amides is 1. The second kappa shape index (κ2) is 12.8. The molecular weight excluding hydrogens is 582 g/mol. The molecule has 222 valence electrons. The largest absolute Gasteiger partial charge is 0.482 e. The van der Waals surface area contributed by atoms with Crippen molar-refractivity contribution in [2.45, 2.75) is 23.8 Å². The van der Waals surface area contributed by atoms with Gasteiger partial charge in [0.15, 0.2) is 6.61 Å². The first-order chi connectivity index (χ1) is 20.9. The van der Waals surface area contributed by atoms with Gasteiger partial charge in [0.25, 0.3) is 15.9 Å². The molecule has 4 aromatic rings. The van der Waals surface area contributed by atoms with Crippen molar-refractivity contribution in [2.75, 3.05) is 43.6 Å². The lowest BCUT2D eigenvalue weighted by Crippen LogP contribution is -2.51. The molecule has 43 heavy (non-hydrogen) atoms. The highest BCUT2D eigenvalue weighted by molar-refractivity contribution is 7.92. The second-order valence-corrected chi connectivity index (χ2v) is 13.1. The number of nitrogens with zero attached hydrogens (tertiary/aromatic N) is 3. The van der Waals surface area contributed by atoms with Gasteiger partial charge in [0.2, 0.25) is 0 Å². The van der Waals surface area contributed by atoms with Crippen molar-refractivity contribution in [3.63, 3.8) is 0 Å². The van der Waals surface area contributed by atoms with Crippen molar-refractivity contribution in [3.05, 3.63) is 125 Å². The van der Waals surface area contributed by atoms with E-state index in [0.29, 0.717) is 25.3 Å². The van der Waals surface area contributed by atoms with Gasteiger partial charge in [-0.1, -0.05) is 90.5 Å². The molecule has 0 aliphatic carbocycles. The third kappa shape index (κ3) is 6.27. The lowest BCUT2D eigenvalue weighted by atomic mass is 9.96. The molecule has 0 N–H and O–H groups in total. The van der Waals surface area contributed by atoms with E-state index in [0.717, 1.165) is 31.5 Å². The maximum atomic E-state index is 13.5. The summed E-state index contributed by atoms with van der Waals surface area (Å²) in [5.41, 5.74) is 4.16. The molecule has 7 nitrogen and oxygen atoms in total. The van der Waals surface area contributed by atoms with E-state index in [4.69, 9.17) is 16.3 Å². The molecule has 1 amide bonds. The Hall–Kier alpha value is -3.85. The van der Waals surface area contributed by atoms with Crippen LogP contribution in [-0.2, 0) is 21.2 Å². The summed E-state index contributed by atoms with van der Waals surface area (Å²) in [5.74, 6) is 0.146. The molecule has 2 aliphatic rings. The summed E-state index contributed by atoms with van der Waals surface area (Å²) in [4.78, 5) is 17.4. The Balaban J connectivity index is 1.08. The average molecular weight is 616 g/mol. The van der Waals surface area contributed by atoms with E-state index in [1.54, 1.807) is 0 Å². The van der Waals surface area contributed by atoms with Crippen LogP contribution in [0.15, 0.2) is 108 Å². The first kappa shape index (κ1) is 29.2. The van der Waals surface area contributed by atoms with Crippen LogP contribution in [0.25, 0.3) is 0 Å².